The number of halogens is 1. The molecule has 0 aliphatic carbocycles. The van der Waals surface area contributed by atoms with Crippen molar-refractivity contribution in [1.29, 1.82) is 0 Å². The Bertz CT molecular complexity index is 748. The van der Waals surface area contributed by atoms with Crippen LogP contribution in [0.15, 0.2) is 24.3 Å². The van der Waals surface area contributed by atoms with Crippen molar-refractivity contribution in [2.75, 3.05) is 11.9 Å². The van der Waals surface area contributed by atoms with Crippen LogP contribution in [-0.4, -0.2) is 46.9 Å². The van der Waals surface area contributed by atoms with E-state index in [-0.39, 0.29) is 25.3 Å². The van der Waals surface area contributed by atoms with Crippen LogP contribution in [0.1, 0.15) is 33.6 Å². The van der Waals surface area contributed by atoms with E-state index in [0.717, 1.165) is 4.90 Å². The lowest BCUT2D eigenvalue weighted by Crippen LogP contribution is -2.40. The molecule has 0 bridgehead atoms. The highest BCUT2D eigenvalue weighted by Crippen LogP contribution is 2.17. The number of carbonyl (C=O) groups is 4. The third kappa shape index (κ3) is 5.25. The maximum Gasteiger partial charge on any atom is 0.325 e. The Kier molecular flexibility index (Phi) is 6.14. The molecule has 146 valence electrons. The molecule has 4 amide bonds. The van der Waals surface area contributed by atoms with Crippen LogP contribution in [-0.2, 0) is 19.1 Å². The van der Waals surface area contributed by atoms with Gasteiger partial charge in [-0.2, -0.15) is 0 Å². The summed E-state index contributed by atoms with van der Waals surface area (Å²) in [5.41, 5.74) is -0.574. The first-order valence-corrected chi connectivity index (χ1v) is 8.50. The highest BCUT2D eigenvalue weighted by Gasteiger charge is 2.43. The maximum absolute atomic E-state index is 12.8. The minimum absolute atomic E-state index is 0.0499. The molecule has 2 rings (SSSR count). The number of amides is 4. The zero-order valence-corrected chi connectivity index (χ0v) is 15.4. The van der Waals surface area contributed by atoms with Crippen molar-refractivity contribution in [3.8, 4) is 0 Å². The van der Waals surface area contributed by atoms with Gasteiger partial charge in [0.05, 0.1) is 0 Å². The Morgan fingerprint density at radius 2 is 1.89 bits per heavy atom. The maximum atomic E-state index is 12.8. The van der Waals surface area contributed by atoms with Crippen molar-refractivity contribution in [3.63, 3.8) is 0 Å². The van der Waals surface area contributed by atoms with E-state index < -0.39 is 35.4 Å². The molecule has 1 aromatic carbocycles. The molecule has 1 aliphatic rings. The van der Waals surface area contributed by atoms with E-state index in [1.54, 1.807) is 13.8 Å². The monoisotopic (exact) mass is 379 g/mol. The normalized spacial score (nSPS) is 16.7. The third-order valence-corrected chi connectivity index (χ3v) is 4.00. The van der Waals surface area contributed by atoms with E-state index in [0.29, 0.717) is 5.69 Å². The highest BCUT2D eigenvalue weighted by atomic mass is 19.1. The van der Waals surface area contributed by atoms with E-state index in [2.05, 4.69) is 10.6 Å². The second kappa shape index (κ2) is 8.15. The fourth-order valence-electron chi connectivity index (χ4n) is 2.49. The number of urea groups is 1. The van der Waals surface area contributed by atoms with Crippen molar-refractivity contribution in [2.45, 2.75) is 45.3 Å². The van der Waals surface area contributed by atoms with Gasteiger partial charge < -0.3 is 15.4 Å². The van der Waals surface area contributed by atoms with Gasteiger partial charge in [-0.05, 0) is 51.5 Å². The number of carbonyl (C=O) groups excluding carboxylic acids is 4. The largest absolute Gasteiger partial charge is 0.453 e. The Morgan fingerprint density at radius 1 is 1.26 bits per heavy atom. The van der Waals surface area contributed by atoms with Gasteiger partial charge in [-0.25, -0.2) is 9.18 Å². The predicted molar refractivity (Wildman–Crippen MR) is 94.1 cm³/mol. The topological polar surface area (TPSA) is 105 Å². The minimum atomic E-state index is -1.04. The summed E-state index contributed by atoms with van der Waals surface area (Å²) in [5, 5.41) is 5.06. The smallest absolute Gasteiger partial charge is 0.325 e. The van der Waals surface area contributed by atoms with Crippen molar-refractivity contribution < 1.29 is 28.3 Å². The summed E-state index contributed by atoms with van der Waals surface area (Å²) in [6.45, 7) is 4.70. The highest BCUT2D eigenvalue weighted by molar-refractivity contribution is 6.06. The Labute approximate surface area is 156 Å². The fourth-order valence-corrected chi connectivity index (χ4v) is 2.49. The fraction of sp³-hybridized carbons (Fsp3) is 0.444. The Morgan fingerprint density at radius 3 is 2.44 bits per heavy atom. The molecule has 1 aliphatic heterocycles. The zero-order valence-electron chi connectivity index (χ0n) is 15.4. The van der Waals surface area contributed by atoms with Crippen LogP contribution in [0.25, 0.3) is 0 Å². The van der Waals surface area contributed by atoms with Gasteiger partial charge in [-0.15, -0.1) is 0 Å². The van der Waals surface area contributed by atoms with Crippen LogP contribution in [0.3, 0.4) is 0 Å². The average Bonchev–Trinajstić information content (AvgIpc) is 2.78. The molecular weight excluding hydrogens is 357 g/mol. The lowest BCUT2D eigenvalue weighted by atomic mass is 10.1. The van der Waals surface area contributed by atoms with Crippen molar-refractivity contribution in [2.24, 2.45) is 0 Å². The molecule has 0 radical (unpaired) electrons. The number of nitrogens with zero attached hydrogens (tertiary/aromatic N) is 1. The molecule has 8 nitrogen and oxygen atoms in total. The number of rotatable bonds is 7. The number of imide groups is 1. The standard InChI is InChI=1S/C18H22FN3O5/c1-11(15(24)20-13-8-6-12(19)7-9-13)27-14(23)5-4-10-22-16(25)18(2,3)21-17(22)26/h6-9,11H,4-5,10H2,1-3H3,(H,20,24)(H,21,26)/t11-/m0/s1. The number of benzene rings is 1. The molecule has 9 heteroatoms. The summed E-state index contributed by atoms with van der Waals surface area (Å²) in [4.78, 5) is 48.7. The quantitative estimate of drug-likeness (QED) is 0.555. The molecule has 1 aromatic rings. The van der Waals surface area contributed by atoms with E-state index in [4.69, 9.17) is 4.74 Å². The van der Waals surface area contributed by atoms with Gasteiger partial charge in [0.25, 0.3) is 11.8 Å². The van der Waals surface area contributed by atoms with Gasteiger partial charge in [0.1, 0.15) is 11.4 Å². The summed E-state index contributed by atoms with van der Waals surface area (Å²) in [6.07, 6.45) is -0.871. The summed E-state index contributed by atoms with van der Waals surface area (Å²) in [5.74, 6) is -1.96. The first-order valence-electron chi connectivity index (χ1n) is 8.50. The minimum Gasteiger partial charge on any atom is -0.453 e. The van der Waals surface area contributed by atoms with Gasteiger partial charge in [0.15, 0.2) is 6.10 Å². The van der Waals surface area contributed by atoms with Gasteiger partial charge in [0.2, 0.25) is 0 Å². The van der Waals surface area contributed by atoms with Gasteiger partial charge in [-0.1, -0.05) is 0 Å². The number of esters is 1. The zero-order chi connectivity index (χ0) is 20.2. The molecule has 2 N–H and O–H groups in total. The van der Waals surface area contributed by atoms with E-state index in [1.807, 2.05) is 0 Å². The molecule has 1 atom stereocenters. The van der Waals surface area contributed by atoms with Crippen molar-refractivity contribution in [3.05, 3.63) is 30.1 Å². The lowest BCUT2D eigenvalue weighted by molar-refractivity contribution is -0.153. The van der Waals surface area contributed by atoms with Crippen LogP contribution < -0.4 is 10.6 Å². The second-order valence-electron chi connectivity index (χ2n) is 6.74. The average molecular weight is 379 g/mol. The Hall–Kier alpha value is -2.97. The summed E-state index contributed by atoms with van der Waals surface area (Å²) in [7, 11) is 0. The summed E-state index contributed by atoms with van der Waals surface area (Å²) < 4.78 is 17.9. The molecule has 0 saturated carbocycles. The van der Waals surface area contributed by atoms with Gasteiger partial charge in [0, 0.05) is 18.7 Å². The van der Waals surface area contributed by atoms with Crippen LogP contribution in [0, 0.1) is 5.82 Å². The summed E-state index contributed by atoms with van der Waals surface area (Å²) in [6, 6.07) is 4.68. The molecule has 0 spiro atoms. The van der Waals surface area contributed by atoms with Crippen molar-refractivity contribution in [1.82, 2.24) is 10.2 Å². The molecule has 1 heterocycles. The lowest BCUT2D eigenvalue weighted by Gasteiger charge is -2.16. The van der Waals surface area contributed by atoms with Crippen LogP contribution in [0.2, 0.25) is 0 Å². The number of ether oxygens (including phenoxy) is 1. The third-order valence-electron chi connectivity index (χ3n) is 4.00. The second-order valence-corrected chi connectivity index (χ2v) is 6.74. The first kappa shape index (κ1) is 20.3. The molecule has 0 aromatic heterocycles. The Balaban J connectivity index is 1.75. The molecule has 1 saturated heterocycles. The van der Waals surface area contributed by atoms with Crippen molar-refractivity contribution >= 4 is 29.5 Å². The van der Waals surface area contributed by atoms with Gasteiger partial charge >= 0.3 is 12.0 Å². The molecule has 0 unspecified atom stereocenters. The van der Waals surface area contributed by atoms with Crippen LogP contribution in [0.5, 0.6) is 0 Å². The molecular formula is C18H22FN3O5. The van der Waals surface area contributed by atoms with Crippen LogP contribution >= 0.6 is 0 Å². The van der Waals surface area contributed by atoms with Crippen LogP contribution in [0.4, 0.5) is 14.9 Å². The first-order chi connectivity index (χ1) is 12.6. The number of hydrogen-bond acceptors (Lipinski definition) is 5. The predicted octanol–water partition coefficient (Wildman–Crippen LogP) is 1.81. The number of anilines is 1. The number of nitrogens with one attached hydrogen (secondary N) is 2. The summed E-state index contributed by atoms with van der Waals surface area (Å²) >= 11 is 0. The van der Waals surface area contributed by atoms with E-state index in [1.165, 1.54) is 31.2 Å². The van der Waals surface area contributed by atoms with E-state index >= 15 is 0 Å². The van der Waals surface area contributed by atoms with Gasteiger partial charge in [-0.3, -0.25) is 19.3 Å². The molecule has 27 heavy (non-hydrogen) atoms. The number of hydrogen-bond donors (Lipinski definition) is 2. The SMILES string of the molecule is C[C@H](OC(=O)CCCN1C(=O)NC(C)(C)C1=O)C(=O)Nc1ccc(F)cc1. The molecule has 1 fully saturated rings. The van der Waals surface area contributed by atoms with E-state index in [9.17, 15) is 23.6 Å².